The first kappa shape index (κ1) is 16.5. The molecule has 0 radical (unpaired) electrons. The summed E-state index contributed by atoms with van der Waals surface area (Å²) in [6.45, 7) is 5.33. The number of nitrogens with two attached hydrogens (primary N) is 1. The molecule has 1 aromatic carbocycles. The van der Waals surface area contributed by atoms with Gasteiger partial charge >= 0.3 is 0 Å². The van der Waals surface area contributed by atoms with Crippen molar-refractivity contribution in [1.82, 2.24) is 4.31 Å². The molecule has 4 nitrogen and oxygen atoms in total. The van der Waals surface area contributed by atoms with E-state index in [2.05, 4.69) is 31.2 Å². The van der Waals surface area contributed by atoms with Crippen molar-refractivity contribution in [2.24, 2.45) is 11.7 Å². The summed E-state index contributed by atoms with van der Waals surface area (Å²) in [5.41, 5.74) is 8.42. The summed E-state index contributed by atoms with van der Waals surface area (Å²) >= 11 is 0. The Hall–Kier alpha value is -0.910. The van der Waals surface area contributed by atoms with E-state index in [1.807, 2.05) is 6.92 Å². The lowest BCUT2D eigenvalue weighted by molar-refractivity contribution is 0.221. The lowest BCUT2D eigenvalue weighted by Crippen LogP contribution is -2.43. The van der Waals surface area contributed by atoms with Gasteiger partial charge in [-0.2, -0.15) is 0 Å². The zero-order valence-electron chi connectivity index (χ0n) is 13.2. The van der Waals surface area contributed by atoms with E-state index in [-0.39, 0.29) is 0 Å². The van der Waals surface area contributed by atoms with Crippen LogP contribution in [-0.4, -0.2) is 32.1 Å². The molecule has 0 bridgehead atoms. The lowest BCUT2D eigenvalue weighted by Gasteiger charge is -2.36. The maximum absolute atomic E-state index is 11.7. The Bertz CT molecular complexity index is 579. The highest BCUT2D eigenvalue weighted by atomic mass is 32.2. The first-order valence-electron chi connectivity index (χ1n) is 7.49. The third-order valence-electron chi connectivity index (χ3n) is 4.37. The van der Waals surface area contributed by atoms with Gasteiger partial charge in [-0.05, 0) is 44.6 Å². The van der Waals surface area contributed by atoms with Crippen molar-refractivity contribution in [3.8, 4) is 0 Å². The van der Waals surface area contributed by atoms with Crippen LogP contribution >= 0.6 is 0 Å². The van der Waals surface area contributed by atoms with Gasteiger partial charge < -0.3 is 5.73 Å². The molecule has 1 aromatic rings. The Balaban J connectivity index is 2.07. The van der Waals surface area contributed by atoms with Gasteiger partial charge in [-0.3, -0.25) is 0 Å². The fraction of sp³-hybridized carbons (Fsp3) is 0.625. The van der Waals surface area contributed by atoms with Crippen LogP contribution in [0.5, 0.6) is 0 Å². The SMILES string of the molecule is Cc1ccc(C(C)(N)CC2CCCN(S(C)(=O)=O)C2)cc1. The third-order valence-corrected chi connectivity index (χ3v) is 5.64. The summed E-state index contributed by atoms with van der Waals surface area (Å²) < 4.78 is 25.0. The molecule has 1 saturated heterocycles. The largest absolute Gasteiger partial charge is 0.322 e. The standard InChI is InChI=1S/C16H26N2O2S/c1-13-6-8-15(9-7-13)16(2,17)11-14-5-4-10-18(12-14)21(3,19)20/h6-9,14H,4-5,10-12,17H2,1-3H3. The van der Waals surface area contributed by atoms with E-state index in [0.717, 1.165) is 24.8 Å². The Kier molecular flexibility index (Phi) is 4.76. The van der Waals surface area contributed by atoms with Gasteiger partial charge in [-0.25, -0.2) is 12.7 Å². The molecule has 118 valence electrons. The summed E-state index contributed by atoms with van der Waals surface area (Å²) in [5, 5.41) is 0. The number of nitrogens with zero attached hydrogens (tertiary/aromatic N) is 1. The van der Waals surface area contributed by atoms with Crippen molar-refractivity contribution in [1.29, 1.82) is 0 Å². The summed E-state index contributed by atoms with van der Waals surface area (Å²) in [7, 11) is -3.09. The smallest absolute Gasteiger partial charge is 0.211 e. The number of sulfonamides is 1. The van der Waals surface area contributed by atoms with Gasteiger partial charge in [0.15, 0.2) is 0 Å². The minimum absolute atomic E-state index is 0.324. The van der Waals surface area contributed by atoms with E-state index in [9.17, 15) is 8.42 Å². The zero-order valence-corrected chi connectivity index (χ0v) is 14.0. The summed E-state index contributed by atoms with van der Waals surface area (Å²) in [6.07, 6.45) is 4.06. The quantitative estimate of drug-likeness (QED) is 0.927. The molecular weight excluding hydrogens is 284 g/mol. The van der Waals surface area contributed by atoms with Crippen molar-refractivity contribution < 1.29 is 8.42 Å². The average Bonchev–Trinajstić information content (AvgIpc) is 2.38. The van der Waals surface area contributed by atoms with Gasteiger partial charge in [-0.15, -0.1) is 0 Å². The van der Waals surface area contributed by atoms with Crippen molar-refractivity contribution in [2.75, 3.05) is 19.3 Å². The molecule has 2 atom stereocenters. The molecule has 1 fully saturated rings. The molecule has 1 aliphatic heterocycles. The highest BCUT2D eigenvalue weighted by Crippen LogP contribution is 2.31. The molecule has 1 aliphatic rings. The van der Waals surface area contributed by atoms with Gasteiger partial charge in [0.2, 0.25) is 10.0 Å². The van der Waals surface area contributed by atoms with Crippen LogP contribution in [0.3, 0.4) is 0 Å². The van der Waals surface area contributed by atoms with E-state index in [0.29, 0.717) is 19.0 Å². The van der Waals surface area contributed by atoms with Crippen molar-refractivity contribution in [3.63, 3.8) is 0 Å². The van der Waals surface area contributed by atoms with Crippen molar-refractivity contribution in [3.05, 3.63) is 35.4 Å². The van der Waals surface area contributed by atoms with E-state index in [1.54, 1.807) is 4.31 Å². The lowest BCUT2D eigenvalue weighted by atomic mass is 9.81. The molecule has 0 aromatic heterocycles. The minimum Gasteiger partial charge on any atom is -0.322 e. The minimum atomic E-state index is -3.09. The molecule has 5 heteroatoms. The topological polar surface area (TPSA) is 63.4 Å². The normalized spacial score (nSPS) is 23.7. The second-order valence-electron chi connectivity index (χ2n) is 6.62. The van der Waals surface area contributed by atoms with Crippen LogP contribution in [-0.2, 0) is 15.6 Å². The number of hydrogen-bond donors (Lipinski definition) is 1. The first-order valence-corrected chi connectivity index (χ1v) is 9.34. The second kappa shape index (κ2) is 6.07. The molecule has 0 aliphatic carbocycles. The van der Waals surface area contributed by atoms with E-state index < -0.39 is 15.6 Å². The molecule has 1 heterocycles. The number of rotatable bonds is 4. The summed E-state index contributed by atoms with van der Waals surface area (Å²) in [4.78, 5) is 0. The number of piperidine rings is 1. The zero-order chi connectivity index (χ0) is 15.7. The van der Waals surface area contributed by atoms with Gasteiger partial charge in [0.25, 0.3) is 0 Å². The molecule has 0 amide bonds. The average molecular weight is 310 g/mol. The Morgan fingerprint density at radius 2 is 1.95 bits per heavy atom. The molecule has 2 N–H and O–H groups in total. The molecule has 0 spiro atoms. The van der Waals surface area contributed by atoms with E-state index in [1.165, 1.54) is 11.8 Å². The Morgan fingerprint density at radius 3 is 2.52 bits per heavy atom. The molecule has 2 rings (SSSR count). The summed E-state index contributed by atoms with van der Waals surface area (Å²) in [5.74, 6) is 0.324. The number of hydrogen-bond acceptors (Lipinski definition) is 3. The first-order chi connectivity index (χ1) is 9.68. The van der Waals surface area contributed by atoms with Crippen LogP contribution in [0, 0.1) is 12.8 Å². The highest BCUT2D eigenvalue weighted by molar-refractivity contribution is 7.88. The maximum atomic E-state index is 11.7. The summed E-state index contributed by atoms with van der Waals surface area (Å²) in [6, 6.07) is 8.30. The van der Waals surface area contributed by atoms with E-state index in [4.69, 9.17) is 5.73 Å². The highest BCUT2D eigenvalue weighted by Gasteiger charge is 2.31. The number of aryl methyl sites for hydroxylation is 1. The predicted octanol–water partition coefficient (Wildman–Crippen LogP) is 2.23. The molecule has 21 heavy (non-hydrogen) atoms. The maximum Gasteiger partial charge on any atom is 0.211 e. The Labute approximate surface area is 128 Å². The number of benzene rings is 1. The van der Waals surface area contributed by atoms with Crippen LogP contribution in [0.25, 0.3) is 0 Å². The molecule has 0 saturated carbocycles. The van der Waals surface area contributed by atoms with Crippen LogP contribution in [0.2, 0.25) is 0 Å². The fourth-order valence-electron chi connectivity index (χ4n) is 3.15. The van der Waals surface area contributed by atoms with Gasteiger partial charge in [0, 0.05) is 18.6 Å². The van der Waals surface area contributed by atoms with Crippen LogP contribution in [0.4, 0.5) is 0 Å². The second-order valence-corrected chi connectivity index (χ2v) is 8.60. The molecular formula is C16H26N2O2S. The van der Waals surface area contributed by atoms with Crippen molar-refractivity contribution >= 4 is 10.0 Å². The van der Waals surface area contributed by atoms with Gasteiger partial charge in [0.05, 0.1) is 6.26 Å². The monoisotopic (exact) mass is 310 g/mol. The fourth-order valence-corrected chi connectivity index (χ4v) is 4.09. The van der Waals surface area contributed by atoms with Crippen LogP contribution < -0.4 is 5.73 Å². The van der Waals surface area contributed by atoms with Gasteiger partial charge in [0.1, 0.15) is 0 Å². The predicted molar refractivity (Wildman–Crippen MR) is 86.5 cm³/mol. The third kappa shape index (κ3) is 4.28. The Morgan fingerprint density at radius 1 is 1.33 bits per heavy atom. The van der Waals surface area contributed by atoms with E-state index >= 15 is 0 Å². The van der Waals surface area contributed by atoms with Crippen molar-refractivity contribution in [2.45, 2.75) is 38.6 Å². The molecule has 2 unspecified atom stereocenters. The van der Waals surface area contributed by atoms with Crippen LogP contribution in [0.1, 0.15) is 37.3 Å². The van der Waals surface area contributed by atoms with Gasteiger partial charge in [-0.1, -0.05) is 29.8 Å². The van der Waals surface area contributed by atoms with Crippen LogP contribution in [0.15, 0.2) is 24.3 Å².